The van der Waals surface area contributed by atoms with Gasteiger partial charge in [0.15, 0.2) is 5.01 Å². The highest BCUT2D eigenvalue weighted by molar-refractivity contribution is 7.18. The second-order valence-electron chi connectivity index (χ2n) is 6.31. The Kier molecular flexibility index (Phi) is 4.41. The molecule has 4 rings (SSSR count). The zero-order valence-corrected chi connectivity index (χ0v) is 14.9. The molecule has 0 atom stereocenters. The van der Waals surface area contributed by atoms with E-state index < -0.39 is 0 Å². The standard InChI is InChI=1S/C17H19ClN4OS/c18-14-5-2-1-4-13(14)15-19-20-17(24-15)22-9-3-8-21(10-11-22)16(23)12-6-7-12/h1-2,4-5,12H,3,6-11H2. The molecule has 1 saturated carbocycles. The van der Waals surface area contributed by atoms with Gasteiger partial charge in [-0.2, -0.15) is 0 Å². The third kappa shape index (κ3) is 3.26. The minimum Gasteiger partial charge on any atom is -0.345 e. The van der Waals surface area contributed by atoms with Crippen LogP contribution < -0.4 is 4.90 Å². The second kappa shape index (κ2) is 6.69. The number of benzene rings is 1. The van der Waals surface area contributed by atoms with Gasteiger partial charge in [-0.1, -0.05) is 41.1 Å². The normalized spacial score (nSPS) is 18.5. The van der Waals surface area contributed by atoms with E-state index in [2.05, 4.69) is 15.1 Å². The molecule has 1 amide bonds. The van der Waals surface area contributed by atoms with Gasteiger partial charge in [0.2, 0.25) is 11.0 Å². The second-order valence-corrected chi connectivity index (χ2v) is 7.67. The molecule has 1 aromatic heterocycles. The Morgan fingerprint density at radius 2 is 1.96 bits per heavy atom. The summed E-state index contributed by atoms with van der Waals surface area (Å²) in [6, 6.07) is 7.69. The molecular formula is C17H19ClN4OS. The molecule has 0 spiro atoms. The van der Waals surface area contributed by atoms with E-state index >= 15 is 0 Å². The zero-order valence-electron chi connectivity index (χ0n) is 13.3. The summed E-state index contributed by atoms with van der Waals surface area (Å²) in [6.45, 7) is 3.35. The SMILES string of the molecule is O=C(C1CC1)N1CCCN(c2nnc(-c3ccccc3Cl)s2)CC1. The van der Waals surface area contributed by atoms with Gasteiger partial charge < -0.3 is 9.80 Å². The number of rotatable bonds is 3. The number of aromatic nitrogens is 2. The fourth-order valence-electron chi connectivity index (χ4n) is 3.00. The molecule has 0 N–H and O–H groups in total. The Morgan fingerprint density at radius 1 is 1.12 bits per heavy atom. The summed E-state index contributed by atoms with van der Waals surface area (Å²) in [5, 5.41) is 11.1. The van der Waals surface area contributed by atoms with Crippen molar-refractivity contribution in [2.45, 2.75) is 19.3 Å². The first-order chi connectivity index (χ1) is 11.7. The van der Waals surface area contributed by atoms with E-state index in [4.69, 9.17) is 11.6 Å². The van der Waals surface area contributed by atoms with Crippen molar-refractivity contribution in [2.24, 2.45) is 5.92 Å². The van der Waals surface area contributed by atoms with E-state index in [1.165, 1.54) is 0 Å². The molecule has 1 aliphatic heterocycles. The first-order valence-electron chi connectivity index (χ1n) is 8.34. The van der Waals surface area contributed by atoms with E-state index in [0.29, 0.717) is 16.8 Å². The van der Waals surface area contributed by atoms with E-state index in [9.17, 15) is 4.79 Å². The van der Waals surface area contributed by atoms with Crippen LogP contribution in [0.1, 0.15) is 19.3 Å². The number of carbonyl (C=O) groups is 1. The molecule has 2 heterocycles. The maximum atomic E-state index is 12.3. The Balaban J connectivity index is 1.46. The van der Waals surface area contributed by atoms with Gasteiger partial charge in [0.25, 0.3) is 0 Å². The number of amides is 1. The summed E-state index contributed by atoms with van der Waals surface area (Å²) in [5.74, 6) is 0.635. The van der Waals surface area contributed by atoms with Crippen LogP contribution in [0, 0.1) is 5.92 Å². The predicted molar refractivity (Wildman–Crippen MR) is 96.5 cm³/mol. The first-order valence-corrected chi connectivity index (χ1v) is 9.54. The van der Waals surface area contributed by atoms with E-state index in [0.717, 1.165) is 61.1 Å². The number of hydrogen-bond donors (Lipinski definition) is 0. The van der Waals surface area contributed by atoms with Crippen LogP contribution in [0.15, 0.2) is 24.3 Å². The molecule has 2 aliphatic rings. The van der Waals surface area contributed by atoms with E-state index in [1.807, 2.05) is 29.2 Å². The van der Waals surface area contributed by atoms with Crippen LogP contribution in [0.25, 0.3) is 10.6 Å². The van der Waals surface area contributed by atoms with Gasteiger partial charge in [-0.3, -0.25) is 4.79 Å². The third-order valence-corrected chi connectivity index (χ3v) is 5.87. The molecule has 0 radical (unpaired) electrons. The fourth-order valence-corrected chi connectivity index (χ4v) is 4.22. The Labute approximate surface area is 150 Å². The van der Waals surface area contributed by atoms with Crippen molar-refractivity contribution in [3.63, 3.8) is 0 Å². The van der Waals surface area contributed by atoms with Gasteiger partial charge in [-0.15, -0.1) is 10.2 Å². The molecule has 2 fully saturated rings. The van der Waals surface area contributed by atoms with Gasteiger partial charge >= 0.3 is 0 Å². The van der Waals surface area contributed by atoms with E-state index in [-0.39, 0.29) is 0 Å². The topological polar surface area (TPSA) is 49.3 Å². The summed E-state index contributed by atoms with van der Waals surface area (Å²) in [5.41, 5.74) is 0.920. The van der Waals surface area contributed by atoms with Crippen molar-refractivity contribution in [3.05, 3.63) is 29.3 Å². The van der Waals surface area contributed by atoms with Crippen LogP contribution in [-0.4, -0.2) is 47.2 Å². The van der Waals surface area contributed by atoms with Gasteiger partial charge in [-0.05, 0) is 25.3 Å². The molecule has 0 unspecified atom stereocenters. The van der Waals surface area contributed by atoms with Gasteiger partial charge in [-0.25, -0.2) is 0 Å². The van der Waals surface area contributed by atoms with Crippen LogP contribution in [0.2, 0.25) is 5.02 Å². The lowest BCUT2D eigenvalue weighted by Crippen LogP contribution is -2.36. The van der Waals surface area contributed by atoms with Crippen molar-refractivity contribution in [3.8, 4) is 10.6 Å². The summed E-state index contributed by atoms with van der Waals surface area (Å²) >= 11 is 7.81. The van der Waals surface area contributed by atoms with Crippen molar-refractivity contribution < 1.29 is 4.79 Å². The molecule has 2 aromatic rings. The van der Waals surface area contributed by atoms with E-state index in [1.54, 1.807) is 11.3 Å². The smallest absolute Gasteiger partial charge is 0.225 e. The molecule has 1 saturated heterocycles. The van der Waals surface area contributed by atoms with Crippen molar-refractivity contribution in [2.75, 3.05) is 31.1 Å². The summed E-state index contributed by atoms with van der Waals surface area (Å²) in [4.78, 5) is 16.5. The van der Waals surface area contributed by atoms with Crippen molar-refractivity contribution in [1.82, 2.24) is 15.1 Å². The van der Waals surface area contributed by atoms with Crippen LogP contribution >= 0.6 is 22.9 Å². The molecule has 5 nitrogen and oxygen atoms in total. The fraction of sp³-hybridized carbons (Fsp3) is 0.471. The monoisotopic (exact) mass is 362 g/mol. The Bertz CT molecular complexity index is 746. The Hall–Kier alpha value is -1.66. The number of nitrogens with zero attached hydrogens (tertiary/aromatic N) is 4. The van der Waals surface area contributed by atoms with Crippen LogP contribution in [0.3, 0.4) is 0 Å². The van der Waals surface area contributed by atoms with Gasteiger partial charge in [0.05, 0.1) is 5.02 Å². The summed E-state index contributed by atoms with van der Waals surface area (Å²) < 4.78 is 0. The number of carbonyl (C=O) groups excluding carboxylic acids is 1. The molecule has 1 aliphatic carbocycles. The quantitative estimate of drug-likeness (QED) is 0.840. The van der Waals surface area contributed by atoms with Crippen molar-refractivity contribution >= 4 is 34.0 Å². The molecule has 7 heteroatoms. The molecule has 0 bridgehead atoms. The van der Waals surface area contributed by atoms with Crippen molar-refractivity contribution in [1.29, 1.82) is 0 Å². The molecule has 1 aromatic carbocycles. The maximum absolute atomic E-state index is 12.3. The van der Waals surface area contributed by atoms with Crippen LogP contribution in [0.5, 0.6) is 0 Å². The highest BCUT2D eigenvalue weighted by Gasteiger charge is 2.34. The average molecular weight is 363 g/mol. The number of hydrogen-bond acceptors (Lipinski definition) is 5. The zero-order chi connectivity index (χ0) is 16.5. The lowest BCUT2D eigenvalue weighted by atomic mass is 10.2. The first kappa shape index (κ1) is 15.8. The lowest BCUT2D eigenvalue weighted by molar-refractivity contribution is -0.132. The van der Waals surface area contributed by atoms with Gasteiger partial charge in [0.1, 0.15) is 0 Å². The lowest BCUT2D eigenvalue weighted by Gasteiger charge is -2.21. The predicted octanol–water partition coefficient (Wildman–Crippen LogP) is 3.31. The Morgan fingerprint density at radius 3 is 2.75 bits per heavy atom. The highest BCUT2D eigenvalue weighted by Crippen LogP contribution is 2.34. The minimum atomic E-state index is 0.296. The summed E-state index contributed by atoms with van der Waals surface area (Å²) in [7, 11) is 0. The number of halogens is 1. The maximum Gasteiger partial charge on any atom is 0.225 e. The average Bonchev–Trinajstić information content (AvgIpc) is 3.38. The largest absolute Gasteiger partial charge is 0.345 e. The van der Waals surface area contributed by atoms with Crippen LogP contribution in [-0.2, 0) is 4.79 Å². The molecular weight excluding hydrogens is 344 g/mol. The van der Waals surface area contributed by atoms with Crippen LogP contribution in [0.4, 0.5) is 5.13 Å². The van der Waals surface area contributed by atoms with Gasteiger partial charge in [0, 0.05) is 37.7 Å². The minimum absolute atomic E-state index is 0.296. The number of anilines is 1. The summed E-state index contributed by atoms with van der Waals surface area (Å²) in [6.07, 6.45) is 3.10. The highest BCUT2D eigenvalue weighted by atomic mass is 35.5. The third-order valence-electron chi connectivity index (χ3n) is 4.52. The molecule has 24 heavy (non-hydrogen) atoms. The molecule has 126 valence electrons.